The van der Waals surface area contributed by atoms with E-state index in [4.69, 9.17) is 9.47 Å². The van der Waals surface area contributed by atoms with Crippen LogP contribution in [0.2, 0.25) is 0 Å². The highest BCUT2D eigenvalue weighted by molar-refractivity contribution is 5.84. The first-order chi connectivity index (χ1) is 14.1. The molecular formula is C22H26N2O6. The molecule has 0 aromatic heterocycles. The van der Waals surface area contributed by atoms with Gasteiger partial charge >= 0.3 is 5.97 Å². The van der Waals surface area contributed by atoms with Crippen molar-refractivity contribution >= 4 is 17.6 Å². The monoisotopic (exact) mass is 414 g/mol. The fraction of sp³-hybridized carbons (Fsp3) is 0.364. The molecule has 0 unspecified atom stereocenters. The molecule has 160 valence electrons. The SMILES string of the molecule is C[C@H](OC(=O)COc1ccc([N+](=O)[O-])cc1)C(=O)N(Cc1ccccc1)C(C)(C)C. The number of benzene rings is 2. The Morgan fingerprint density at radius 3 is 2.20 bits per heavy atom. The number of nitro groups is 1. The molecule has 1 amide bonds. The molecular weight excluding hydrogens is 388 g/mol. The molecule has 2 rings (SSSR count). The smallest absolute Gasteiger partial charge is 0.344 e. The molecule has 2 aromatic rings. The van der Waals surface area contributed by atoms with Crippen molar-refractivity contribution in [3.05, 3.63) is 70.3 Å². The second-order valence-electron chi connectivity index (χ2n) is 7.75. The van der Waals surface area contributed by atoms with E-state index < -0.39 is 29.1 Å². The van der Waals surface area contributed by atoms with Crippen molar-refractivity contribution in [3.8, 4) is 5.75 Å². The Kier molecular flexibility index (Phi) is 7.52. The number of hydrogen-bond donors (Lipinski definition) is 0. The number of rotatable bonds is 8. The minimum absolute atomic E-state index is 0.0789. The molecule has 0 N–H and O–H groups in total. The van der Waals surface area contributed by atoms with Crippen LogP contribution < -0.4 is 4.74 Å². The van der Waals surface area contributed by atoms with Crippen LogP contribution in [0.15, 0.2) is 54.6 Å². The Hall–Kier alpha value is -3.42. The lowest BCUT2D eigenvalue weighted by Gasteiger charge is -2.37. The third-order valence-corrected chi connectivity index (χ3v) is 4.32. The van der Waals surface area contributed by atoms with Gasteiger partial charge in [0.05, 0.1) is 4.92 Å². The predicted octanol–water partition coefficient (Wildman–Crippen LogP) is 3.73. The van der Waals surface area contributed by atoms with Gasteiger partial charge in [-0.05, 0) is 45.4 Å². The summed E-state index contributed by atoms with van der Waals surface area (Å²) >= 11 is 0. The van der Waals surface area contributed by atoms with E-state index >= 15 is 0 Å². The largest absolute Gasteiger partial charge is 0.482 e. The van der Waals surface area contributed by atoms with Gasteiger partial charge in [0.1, 0.15) is 5.75 Å². The quantitative estimate of drug-likeness (QED) is 0.371. The van der Waals surface area contributed by atoms with Gasteiger partial charge in [-0.25, -0.2) is 4.79 Å². The lowest BCUT2D eigenvalue weighted by Crippen LogP contribution is -2.49. The Bertz CT molecular complexity index is 875. The van der Waals surface area contributed by atoms with Crippen LogP contribution in [0.3, 0.4) is 0 Å². The van der Waals surface area contributed by atoms with Crippen LogP contribution in [0.4, 0.5) is 5.69 Å². The summed E-state index contributed by atoms with van der Waals surface area (Å²) in [5, 5.41) is 10.7. The van der Waals surface area contributed by atoms with Gasteiger partial charge < -0.3 is 14.4 Å². The van der Waals surface area contributed by atoms with Gasteiger partial charge in [-0.15, -0.1) is 0 Å². The number of esters is 1. The minimum atomic E-state index is -0.985. The third kappa shape index (κ3) is 6.58. The molecule has 0 aliphatic rings. The second-order valence-corrected chi connectivity index (χ2v) is 7.75. The number of non-ortho nitro benzene ring substituents is 1. The maximum absolute atomic E-state index is 12.9. The van der Waals surface area contributed by atoms with Crippen molar-refractivity contribution in [1.82, 2.24) is 4.90 Å². The van der Waals surface area contributed by atoms with Crippen molar-refractivity contribution in [2.45, 2.75) is 45.9 Å². The summed E-state index contributed by atoms with van der Waals surface area (Å²) in [4.78, 5) is 36.9. The topological polar surface area (TPSA) is 99.0 Å². The first-order valence-corrected chi connectivity index (χ1v) is 9.50. The van der Waals surface area contributed by atoms with Crippen molar-refractivity contribution in [1.29, 1.82) is 0 Å². The van der Waals surface area contributed by atoms with E-state index in [0.29, 0.717) is 6.54 Å². The average Bonchev–Trinajstić information content (AvgIpc) is 2.70. The molecule has 0 radical (unpaired) electrons. The van der Waals surface area contributed by atoms with Gasteiger partial charge in [-0.1, -0.05) is 30.3 Å². The van der Waals surface area contributed by atoms with Gasteiger partial charge in [0.15, 0.2) is 12.7 Å². The molecule has 0 saturated heterocycles. The Labute approximate surface area is 175 Å². The lowest BCUT2D eigenvalue weighted by molar-refractivity contribution is -0.384. The molecule has 0 bridgehead atoms. The standard InChI is InChI=1S/C22H26N2O6/c1-16(21(26)23(22(2,3)4)14-17-8-6-5-7-9-17)30-20(25)15-29-19-12-10-18(11-13-19)24(27)28/h5-13,16H,14-15H2,1-4H3/t16-/m0/s1. The van der Waals surface area contributed by atoms with Gasteiger partial charge in [0, 0.05) is 24.2 Å². The molecule has 0 aliphatic carbocycles. The summed E-state index contributed by atoms with van der Waals surface area (Å²) in [6, 6.07) is 14.9. The van der Waals surface area contributed by atoms with Gasteiger partial charge in [-0.2, -0.15) is 0 Å². The van der Waals surface area contributed by atoms with Gasteiger partial charge in [0.25, 0.3) is 11.6 Å². The van der Waals surface area contributed by atoms with E-state index in [9.17, 15) is 19.7 Å². The summed E-state index contributed by atoms with van der Waals surface area (Å²) < 4.78 is 10.5. The first kappa shape index (κ1) is 22.9. The molecule has 8 heteroatoms. The zero-order chi connectivity index (χ0) is 22.3. The highest BCUT2D eigenvalue weighted by Gasteiger charge is 2.31. The second kappa shape index (κ2) is 9.87. The first-order valence-electron chi connectivity index (χ1n) is 9.50. The molecule has 0 saturated carbocycles. The normalized spacial score (nSPS) is 12.0. The predicted molar refractivity (Wildman–Crippen MR) is 111 cm³/mol. The molecule has 30 heavy (non-hydrogen) atoms. The molecule has 0 fully saturated rings. The minimum Gasteiger partial charge on any atom is -0.482 e. The van der Waals surface area contributed by atoms with Crippen LogP contribution in [0, 0.1) is 10.1 Å². The molecule has 2 aromatic carbocycles. The van der Waals surface area contributed by atoms with E-state index in [1.54, 1.807) is 4.90 Å². The van der Waals surface area contributed by atoms with Crippen molar-refractivity contribution in [3.63, 3.8) is 0 Å². The van der Waals surface area contributed by atoms with E-state index in [1.807, 2.05) is 51.1 Å². The van der Waals surface area contributed by atoms with Crippen molar-refractivity contribution in [2.75, 3.05) is 6.61 Å². The van der Waals surface area contributed by atoms with E-state index in [0.717, 1.165) is 5.56 Å². The number of hydrogen-bond acceptors (Lipinski definition) is 6. The van der Waals surface area contributed by atoms with Crippen LogP contribution in [-0.2, 0) is 20.9 Å². The highest BCUT2D eigenvalue weighted by Crippen LogP contribution is 2.20. The molecule has 0 aliphatic heterocycles. The van der Waals surface area contributed by atoms with Crippen LogP contribution in [0.25, 0.3) is 0 Å². The van der Waals surface area contributed by atoms with Gasteiger partial charge in [0.2, 0.25) is 0 Å². The van der Waals surface area contributed by atoms with E-state index in [-0.39, 0.29) is 17.3 Å². The summed E-state index contributed by atoms with van der Waals surface area (Å²) in [6.07, 6.45) is -0.985. The maximum Gasteiger partial charge on any atom is 0.344 e. The van der Waals surface area contributed by atoms with E-state index in [2.05, 4.69) is 0 Å². The van der Waals surface area contributed by atoms with Crippen LogP contribution in [-0.4, -0.2) is 39.9 Å². The lowest BCUT2D eigenvalue weighted by atomic mass is 10.0. The van der Waals surface area contributed by atoms with Crippen LogP contribution in [0.1, 0.15) is 33.3 Å². The Balaban J connectivity index is 1.94. The van der Waals surface area contributed by atoms with E-state index in [1.165, 1.54) is 31.2 Å². The molecule has 8 nitrogen and oxygen atoms in total. The van der Waals surface area contributed by atoms with Crippen LogP contribution in [0.5, 0.6) is 5.75 Å². The summed E-state index contributed by atoms with van der Waals surface area (Å²) in [7, 11) is 0. The number of nitro benzene ring substituents is 1. The zero-order valence-electron chi connectivity index (χ0n) is 17.5. The zero-order valence-corrected chi connectivity index (χ0v) is 17.5. The Morgan fingerprint density at radius 2 is 1.67 bits per heavy atom. The number of ether oxygens (including phenoxy) is 2. The fourth-order valence-corrected chi connectivity index (χ4v) is 2.72. The summed E-state index contributed by atoms with van der Waals surface area (Å²) in [6.45, 7) is 7.25. The molecule has 0 heterocycles. The van der Waals surface area contributed by atoms with Crippen LogP contribution >= 0.6 is 0 Å². The number of nitrogens with zero attached hydrogens (tertiary/aromatic N) is 2. The summed E-state index contributed by atoms with van der Waals surface area (Å²) in [5.74, 6) is -0.727. The third-order valence-electron chi connectivity index (χ3n) is 4.32. The Morgan fingerprint density at radius 1 is 1.07 bits per heavy atom. The number of carbonyl (C=O) groups is 2. The summed E-state index contributed by atoms with van der Waals surface area (Å²) in [5.41, 5.74) is 0.425. The highest BCUT2D eigenvalue weighted by atomic mass is 16.6. The number of carbonyl (C=O) groups excluding carboxylic acids is 2. The maximum atomic E-state index is 12.9. The van der Waals surface area contributed by atoms with Crippen molar-refractivity contribution < 1.29 is 24.0 Å². The number of amides is 1. The molecule has 1 atom stereocenters. The fourth-order valence-electron chi connectivity index (χ4n) is 2.72. The van der Waals surface area contributed by atoms with Crippen molar-refractivity contribution in [2.24, 2.45) is 0 Å². The average molecular weight is 414 g/mol. The molecule has 0 spiro atoms. The van der Waals surface area contributed by atoms with Gasteiger partial charge in [-0.3, -0.25) is 14.9 Å².